The Labute approximate surface area is 213 Å². The predicted molar refractivity (Wildman–Crippen MR) is 137 cm³/mol. The average molecular weight is 512 g/mol. The number of aromatic nitrogens is 2. The van der Waals surface area contributed by atoms with Crippen LogP contribution in [0.5, 0.6) is 0 Å². The first-order valence-electron chi connectivity index (χ1n) is 10.7. The summed E-state index contributed by atoms with van der Waals surface area (Å²) in [5.74, 6) is -0.668. The number of rotatable bonds is 8. The molecule has 0 saturated carbocycles. The van der Waals surface area contributed by atoms with E-state index in [0.717, 1.165) is 5.69 Å². The molecule has 0 fully saturated rings. The summed E-state index contributed by atoms with van der Waals surface area (Å²) < 4.78 is 1.64. The number of hydrogen-bond acceptors (Lipinski definition) is 3. The molecular formula is C27H21Cl3N2O2. The van der Waals surface area contributed by atoms with E-state index in [-0.39, 0.29) is 24.4 Å². The van der Waals surface area contributed by atoms with Gasteiger partial charge in [0.15, 0.2) is 11.6 Å². The number of carbonyl (C=O) groups excluding carboxylic acids is 2. The molecule has 0 bridgehead atoms. The summed E-state index contributed by atoms with van der Waals surface area (Å²) in [6.07, 6.45) is 0.198. The molecule has 0 unspecified atom stereocenters. The molecule has 4 rings (SSSR count). The fourth-order valence-corrected chi connectivity index (χ4v) is 4.62. The summed E-state index contributed by atoms with van der Waals surface area (Å²) in [6.45, 7) is 1.84. The standard InChI is InChI=1S/C27H21Cl3N2O2/c1-17-26(27(30)32(31-17)23-5-3-2-4-6-23)20(15-24(33)18-7-11-21(28)12-8-18)16-25(34)19-9-13-22(29)14-10-19/h2-14,20H,15-16H2,1H3. The third-order valence-corrected chi connectivity index (χ3v) is 6.52. The Kier molecular flexibility index (Phi) is 7.52. The monoisotopic (exact) mass is 510 g/mol. The molecule has 0 radical (unpaired) electrons. The van der Waals surface area contributed by atoms with E-state index in [9.17, 15) is 9.59 Å². The van der Waals surface area contributed by atoms with Gasteiger partial charge in [0.25, 0.3) is 0 Å². The van der Waals surface area contributed by atoms with Gasteiger partial charge in [-0.15, -0.1) is 0 Å². The van der Waals surface area contributed by atoms with Crippen molar-refractivity contribution >= 4 is 46.4 Å². The summed E-state index contributed by atoms with van der Waals surface area (Å²) in [4.78, 5) is 26.3. The second kappa shape index (κ2) is 10.6. The molecule has 4 aromatic rings. The van der Waals surface area contributed by atoms with Crippen molar-refractivity contribution in [3.8, 4) is 5.69 Å². The molecule has 3 aromatic carbocycles. The van der Waals surface area contributed by atoms with Crippen LogP contribution in [-0.4, -0.2) is 21.3 Å². The second-order valence-electron chi connectivity index (χ2n) is 8.00. The van der Waals surface area contributed by atoms with Gasteiger partial charge in [-0.2, -0.15) is 5.10 Å². The fraction of sp³-hybridized carbons (Fsp3) is 0.148. The summed E-state index contributed by atoms with van der Waals surface area (Å²) in [5.41, 5.74) is 3.21. The molecule has 4 nitrogen and oxygen atoms in total. The van der Waals surface area contributed by atoms with Gasteiger partial charge in [-0.05, 0) is 67.6 Å². The summed E-state index contributed by atoms with van der Waals surface area (Å²) in [5, 5.41) is 6.10. The largest absolute Gasteiger partial charge is 0.294 e. The number of nitrogens with zero attached hydrogens (tertiary/aromatic N) is 2. The van der Waals surface area contributed by atoms with Crippen LogP contribution < -0.4 is 0 Å². The van der Waals surface area contributed by atoms with E-state index in [1.54, 1.807) is 53.2 Å². The first-order valence-corrected chi connectivity index (χ1v) is 11.8. The molecule has 0 spiro atoms. The molecule has 0 N–H and O–H groups in total. The van der Waals surface area contributed by atoms with E-state index in [0.29, 0.717) is 37.6 Å². The maximum Gasteiger partial charge on any atom is 0.163 e. The highest BCUT2D eigenvalue weighted by Crippen LogP contribution is 2.36. The quantitative estimate of drug-likeness (QED) is 0.227. The minimum absolute atomic E-state index is 0.0992. The molecule has 172 valence electrons. The Morgan fingerprint density at radius 3 is 1.71 bits per heavy atom. The minimum atomic E-state index is -0.462. The van der Waals surface area contributed by atoms with Gasteiger partial charge in [-0.1, -0.05) is 53.0 Å². The van der Waals surface area contributed by atoms with Crippen molar-refractivity contribution in [1.82, 2.24) is 9.78 Å². The summed E-state index contributed by atoms with van der Waals surface area (Å²) >= 11 is 18.8. The molecule has 0 atom stereocenters. The first-order chi connectivity index (χ1) is 16.3. The number of Topliss-reactive ketones (excluding diaryl/α,β-unsaturated/α-hetero) is 2. The number of para-hydroxylation sites is 1. The van der Waals surface area contributed by atoms with Crippen LogP contribution in [0.4, 0.5) is 0 Å². The van der Waals surface area contributed by atoms with Gasteiger partial charge >= 0.3 is 0 Å². The highest BCUT2D eigenvalue weighted by Gasteiger charge is 2.28. The van der Waals surface area contributed by atoms with Gasteiger partial charge in [0.1, 0.15) is 5.15 Å². The van der Waals surface area contributed by atoms with E-state index in [4.69, 9.17) is 34.8 Å². The second-order valence-corrected chi connectivity index (χ2v) is 9.23. The topological polar surface area (TPSA) is 52.0 Å². The first kappa shape index (κ1) is 24.2. The zero-order chi connectivity index (χ0) is 24.2. The number of ketones is 2. The minimum Gasteiger partial charge on any atom is -0.294 e. The Balaban J connectivity index is 1.70. The molecule has 1 aromatic heterocycles. The van der Waals surface area contributed by atoms with Crippen LogP contribution in [0, 0.1) is 6.92 Å². The Morgan fingerprint density at radius 1 is 0.765 bits per heavy atom. The van der Waals surface area contributed by atoms with Crippen LogP contribution in [-0.2, 0) is 0 Å². The van der Waals surface area contributed by atoms with Crippen molar-refractivity contribution in [3.63, 3.8) is 0 Å². The Morgan fingerprint density at radius 2 is 1.24 bits per heavy atom. The Bertz CT molecular complexity index is 1260. The van der Waals surface area contributed by atoms with Gasteiger partial charge in [0.05, 0.1) is 11.4 Å². The third-order valence-electron chi connectivity index (χ3n) is 5.65. The fourth-order valence-electron chi connectivity index (χ4n) is 3.95. The van der Waals surface area contributed by atoms with Gasteiger partial charge in [-0.3, -0.25) is 9.59 Å². The van der Waals surface area contributed by atoms with Gasteiger partial charge in [0, 0.05) is 45.5 Å². The number of aryl methyl sites for hydroxylation is 1. The molecule has 0 aliphatic rings. The van der Waals surface area contributed by atoms with Crippen LogP contribution in [0.2, 0.25) is 15.2 Å². The van der Waals surface area contributed by atoms with E-state index in [1.165, 1.54) is 0 Å². The summed E-state index contributed by atoms with van der Waals surface area (Å²) in [7, 11) is 0. The molecular weight excluding hydrogens is 491 g/mol. The maximum atomic E-state index is 13.2. The van der Waals surface area contributed by atoms with Crippen LogP contribution in [0.25, 0.3) is 5.69 Å². The molecule has 1 heterocycles. The zero-order valence-corrected chi connectivity index (χ0v) is 20.6. The van der Waals surface area contributed by atoms with E-state index < -0.39 is 5.92 Å². The van der Waals surface area contributed by atoms with Gasteiger partial charge in [-0.25, -0.2) is 4.68 Å². The molecule has 0 aliphatic carbocycles. The maximum absolute atomic E-state index is 13.2. The lowest BCUT2D eigenvalue weighted by Crippen LogP contribution is -2.13. The molecule has 0 saturated heterocycles. The lowest BCUT2D eigenvalue weighted by atomic mass is 9.86. The van der Waals surface area contributed by atoms with E-state index in [2.05, 4.69) is 5.10 Å². The van der Waals surface area contributed by atoms with Crippen LogP contribution >= 0.6 is 34.8 Å². The predicted octanol–water partition coefficient (Wildman–Crippen LogP) is 7.77. The smallest absolute Gasteiger partial charge is 0.163 e. The number of hydrogen-bond donors (Lipinski definition) is 0. The van der Waals surface area contributed by atoms with Crippen molar-refractivity contribution < 1.29 is 9.59 Å². The SMILES string of the molecule is Cc1nn(-c2ccccc2)c(Cl)c1C(CC(=O)c1ccc(Cl)cc1)CC(=O)c1ccc(Cl)cc1. The lowest BCUT2D eigenvalue weighted by molar-refractivity contribution is 0.0944. The zero-order valence-electron chi connectivity index (χ0n) is 18.3. The van der Waals surface area contributed by atoms with E-state index in [1.807, 2.05) is 37.3 Å². The van der Waals surface area contributed by atoms with Gasteiger partial charge in [0.2, 0.25) is 0 Å². The molecule has 34 heavy (non-hydrogen) atoms. The average Bonchev–Trinajstić information content (AvgIpc) is 3.13. The van der Waals surface area contributed by atoms with Crippen molar-refractivity contribution in [2.75, 3.05) is 0 Å². The Hall–Kier alpha value is -2.92. The van der Waals surface area contributed by atoms with E-state index >= 15 is 0 Å². The normalized spacial score (nSPS) is 11.1. The van der Waals surface area contributed by atoms with Gasteiger partial charge < -0.3 is 0 Å². The van der Waals surface area contributed by atoms with Crippen LogP contribution in [0.3, 0.4) is 0 Å². The van der Waals surface area contributed by atoms with Crippen molar-refractivity contribution in [2.24, 2.45) is 0 Å². The highest BCUT2D eigenvalue weighted by atomic mass is 35.5. The number of carbonyl (C=O) groups is 2. The van der Waals surface area contributed by atoms with Crippen molar-refractivity contribution in [1.29, 1.82) is 0 Å². The van der Waals surface area contributed by atoms with Crippen LogP contribution in [0.1, 0.15) is 50.7 Å². The lowest BCUT2D eigenvalue weighted by Gasteiger charge is -2.17. The number of halogens is 3. The molecule has 0 aliphatic heterocycles. The third kappa shape index (κ3) is 5.41. The molecule has 7 heteroatoms. The highest BCUT2D eigenvalue weighted by molar-refractivity contribution is 6.31. The van der Waals surface area contributed by atoms with Crippen LogP contribution in [0.15, 0.2) is 78.9 Å². The van der Waals surface area contributed by atoms with Crippen molar-refractivity contribution in [2.45, 2.75) is 25.7 Å². The van der Waals surface area contributed by atoms with Crippen molar-refractivity contribution in [3.05, 3.63) is 116 Å². The molecule has 0 amide bonds. The number of benzene rings is 3. The summed E-state index contributed by atoms with van der Waals surface area (Å²) in [6, 6.07) is 22.9.